The number of piperidine rings is 1. The zero-order valence-electron chi connectivity index (χ0n) is 17.9. The molecule has 2 aliphatic rings. The van der Waals surface area contributed by atoms with Gasteiger partial charge in [-0.05, 0) is 31.0 Å². The van der Waals surface area contributed by atoms with Crippen LogP contribution in [-0.2, 0) is 4.74 Å². The Labute approximate surface area is 192 Å². The van der Waals surface area contributed by atoms with E-state index in [2.05, 4.69) is 28.3 Å². The third-order valence-electron chi connectivity index (χ3n) is 6.40. The van der Waals surface area contributed by atoms with E-state index in [1.54, 1.807) is 18.7 Å². The first-order chi connectivity index (χ1) is 15.6. The van der Waals surface area contributed by atoms with Gasteiger partial charge < -0.3 is 19.5 Å². The lowest BCUT2D eigenvalue weighted by Gasteiger charge is -2.41. The highest BCUT2D eigenvalue weighted by atomic mass is 35.5. The molecular weight excluding hydrogens is 426 g/mol. The SMILES string of the molecule is C[C@@H](c1ccccc1-c1ccc(Cl)cn1)n1cncc1C(=O)N1CC[C@H]2NCCO[C@@H]2C1. The summed E-state index contributed by atoms with van der Waals surface area (Å²) in [5.74, 6) is -0.0101. The highest BCUT2D eigenvalue weighted by Gasteiger charge is 2.35. The number of pyridine rings is 1. The summed E-state index contributed by atoms with van der Waals surface area (Å²) in [4.78, 5) is 24.1. The van der Waals surface area contributed by atoms with Crippen molar-refractivity contribution in [1.29, 1.82) is 0 Å². The zero-order valence-corrected chi connectivity index (χ0v) is 18.7. The number of amides is 1. The normalized spacial score (nSPS) is 21.8. The zero-order chi connectivity index (χ0) is 22.1. The van der Waals surface area contributed by atoms with Gasteiger partial charge >= 0.3 is 0 Å². The first kappa shape index (κ1) is 21.1. The largest absolute Gasteiger partial charge is 0.373 e. The van der Waals surface area contributed by atoms with E-state index in [1.165, 1.54) is 0 Å². The Bertz CT molecular complexity index is 1100. The molecular formula is C24H26ClN5O2. The second-order valence-corrected chi connectivity index (χ2v) is 8.76. The number of nitrogens with one attached hydrogen (secondary N) is 1. The van der Waals surface area contributed by atoms with Crippen molar-refractivity contribution in [2.75, 3.05) is 26.2 Å². The van der Waals surface area contributed by atoms with E-state index in [0.717, 1.165) is 29.8 Å². The number of morpholine rings is 1. The van der Waals surface area contributed by atoms with Gasteiger partial charge in [0, 0.05) is 37.4 Å². The smallest absolute Gasteiger partial charge is 0.272 e. The molecule has 2 saturated heterocycles. The van der Waals surface area contributed by atoms with Crippen molar-refractivity contribution >= 4 is 17.5 Å². The molecule has 0 saturated carbocycles. The summed E-state index contributed by atoms with van der Waals surface area (Å²) < 4.78 is 7.85. The topological polar surface area (TPSA) is 72.3 Å². The third-order valence-corrected chi connectivity index (χ3v) is 6.63. The van der Waals surface area contributed by atoms with Gasteiger partial charge in [-0.1, -0.05) is 35.9 Å². The number of likely N-dealkylation sites (tertiary alicyclic amines) is 1. The van der Waals surface area contributed by atoms with Gasteiger partial charge in [-0.2, -0.15) is 0 Å². The first-order valence-corrected chi connectivity index (χ1v) is 11.4. The standard InChI is InChI=1S/C24H26ClN5O2/c1-16(18-4-2-3-5-19(18)20-7-6-17(25)12-28-20)30-15-26-13-22(30)24(31)29-10-8-21-23(14-29)32-11-9-27-21/h2-7,12-13,15-16,21,23,27H,8-11,14H2,1H3/t16-,21+,23+/m0/s1. The van der Waals surface area contributed by atoms with E-state index < -0.39 is 0 Å². The van der Waals surface area contributed by atoms with Crippen molar-refractivity contribution in [3.8, 4) is 11.3 Å². The highest BCUT2D eigenvalue weighted by Crippen LogP contribution is 2.31. The van der Waals surface area contributed by atoms with Crippen molar-refractivity contribution in [3.05, 3.63) is 71.4 Å². The molecule has 2 aromatic heterocycles. The van der Waals surface area contributed by atoms with Crippen LogP contribution >= 0.6 is 11.6 Å². The van der Waals surface area contributed by atoms with Crippen LogP contribution in [0, 0.1) is 0 Å². The number of rotatable bonds is 4. The minimum Gasteiger partial charge on any atom is -0.373 e. The van der Waals surface area contributed by atoms with E-state index in [0.29, 0.717) is 36.5 Å². The molecule has 2 fully saturated rings. The number of hydrogen-bond donors (Lipinski definition) is 1. The van der Waals surface area contributed by atoms with Crippen LogP contribution in [0.3, 0.4) is 0 Å². The van der Waals surface area contributed by atoms with E-state index in [4.69, 9.17) is 16.3 Å². The van der Waals surface area contributed by atoms with Gasteiger partial charge in [-0.15, -0.1) is 0 Å². The summed E-state index contributed by atoms with van der Waals surface area (Å²) in [6.45, 7) is 4.95. The Morgan fingerprint density at radius 3 is 2.97 bits per heavy atom. The molecule has 0 aliphatic carbocycles. The monoisotopic (exact) mass is 451 g/mol. The average Bonchev–Trinajstić information content (AvgIpc) is 3.33. The fourth-order valence-corrected chi connectivity index (χ4v) is 4.79. The summed E-state index contributed by atoms with van der Waals surface area (Å²) in [5, 5.41) is 4.10. The number of aromatic nitrogens is 3. The maximum Gasteiger partial charge on any atom is 0.272 e. The van der Waals surface area contributed by atoms with Crippen molar-refractivity contribution in [1.82, 2.24) is 24.8 Å². The maximum atomic E-state index is 13.4. The Hall–Kier alpha value is -2.74. The van der Waals surface area contributed by atoms with Gasteiger partial charge in [0.25, 0.3) is 5.91 Å². The molecule has 8 heteroatoms. The molecule has 4 heterocycles. The molecule has 2 aliphatic heterocycles. The summed E-state index contributed by atoms with van der Waals surface area (Å²) in [7, 11) is 0. The van der Waals surface area contributed by atoms with Crippen molar-refractivity contribution < 1.29 is 9.53 Å². The lowest BCUT2D eigenvalue weighted by atomic mass is 9.98. The second kappa shape index (κ2) is 9.02. The van der Waals surface area contributed by atoms with Crippen molar-refractivity contribution in [2.24, 2.45) is 0 Å². The molecule has 1 aromatic carbocycles. The predicted molar refractivity (Wildman–Crippen MR) is 123 cm³/mol. The first-order valence-electron chi connectivity index (χ1n) is 11.0. The fourth-order valence-electron chi connectivity index (χ4n) is 4.68. The van der Waals surface area contributed by atoms with Crippen LogP contribution in [0.2, 0.25) is 5.02 Å². The molecule has 0 radical (unpaired) electrons. The Balaban J connectivity index is 1.41. The minimum atomic E-state index is -0.102. The maximum absolute atomic E-state index is 13.4. The van der Waals surface area contributed by atoms with Gasteiger partial charge in [0.05, 0.1) is 42.0 Å². The van der Waals surface area contributed by atoms with Crippen LogP contribution in [0.4, 0.5) is 0 Å². The molecule has 1 N–H and O–H groups in total. The van der Waals surface area contributed by atoms with Gasteiger partial charge in [-0.25, -0.2) is 4.98 Å². The Morgan fingerprint density at radius 2 is 2.12 bits per heavy atom. The fraction of sp³-hybridized carbons (Fsp3) is 0.375. The van der Waals surface area contributed by atoms with Crippen LogP contribution in [0.15, 0.2) is 55.1 Å². The quantitative estimate of drug-likeness (QED) is 0.658. The predicted octanol–water partition coefficient (Wildman–Crippen LogP) is 3.41. The number of nitrogens with zero attached hydrogens (tertiary/aromatic N) is 4. The lowest BCUT2D eigenvalue weighted by molar-refractivity contribution is -0.0417. The molecule has 0 bridgehead atoms. The number of fused-ring (bicyclic) bond motifs is 1. The molecule has 5 rings (SSSR count). The number of benzene rings is 1. The van der Waals surface area contributed by atoms with Gasteiger partial charge in [-0.3, -0.25) is 9.78 Å². The average molecular weight is 452 g/mol. The van der Waals surface area contributed by atoms with E-state index in [9.17, 15) is 4.79 Å². The lowest BCUT2D eigenvalue weighted by Crippen LogP contribution is -2.58. The third kappa shape index (κ3) is 4.03. The Morgan fingerprint density at radius 1 is 1.25 bits per heavy atom. The molecule has 3 atom stereocenters. The number of carbonyl (C=O) groups is 1. The summed E-state index contributed by atoms with van der Waals surface area (Å²) in [6.07, 6.45) is 5.98. The summed E-state index contributed by atoms with van der Waals surface area (Å²) >= 11 is 6.02. The number of imidazole rings is 1. The second-order valence-electron chi connectivity index (χ2n) is 8.32. The number of ether oxygens (including phenoxy) is 1. The highest BCUT2D eigenvalue weighted by molar-refractivity contribution is 6.30. The summed E-state index contributed by atoms with van der Waals surface area (Å²) in [6, 6.07) is 12.1. The van der Waals surface area contributed by atoms with Gasteiger partial charge in [0.2, 0.25) is 0 Å². The molecule has 7 nitrogen and oxygen atoms in total. The molecule has 3 aromatic rings. The molecule has 1 amide bonds. The number of carbonyl (C=O) groups excluding carboxylic acids is 1. The van der Waals surface area contributed by atoms with E-state index >= 15 is 0 Å². The van der Waals surface area contributed by atoms with E-state index in [-0.39, 0.29) is 18.1 Å². The summed E-state index contributed by atoms with van der Waals surface area (Å²) in [5.41, 5.74) is 3.49. The number of hydrogen-bond acceptors (Lipinski definition) is 5. The van der Waals surface area contributed by atoms with Crippen LogP contribution in [0.5, 0.6) is 0 Å². The number of halogens is 1. The minimum absolute atomic E-state index is 0.0101. The van der Waals surface area contributed by atoms with E-state index in [1.807, 2.05) is 39.8 Å². The van der Waals surface area contributed by atoms with Crippen molar-refractivity contribution in [2.45, 2.75) is 31.5 Å². The Kier molecular flexibility index (Phi) is 5.95. The van der Waals surface area contributed by atoms with Crippen LogP contribution in [0.25, 0.3) is 11.3 Å². The molecule has 0 unspecified atom stereocenters. The van der Waals surface area contributed by atoms with Gasteiger partial charge in [0.1, 0.15) is 5.69 Å². The van der Waals surface area contributed by atoms with Crippen LogP contribution in [0.1, 0.15) is 35.4 Å². The molecule has 0 spiro atoms. The van der Waals surface area contributed by atoms with Crippen LogP contribution in [-0.4, -0.2) is 63.7 Å². The van der Waals surface area contributed by atoms with Gasteiger partial charge in [0.15, 0.2) is 0 Å². The van der Waals surface area contributed by atoms with Crippen molar-refractivity contribution in [3.63, 3.8) is 0 Å². The molecule has 32 heavy (non-hydrogen) atoms. The molecule has 166 valence electrons. The van der Waals surface area contributed by atoms with Crippen LogP contribution < -0.4 is 5.32 Å².